The second-order valence-corrected chi connectivity index (χ2v) is 9.98. The smallest absolute Gasteiger partial charge is 0.417 e. The van der Waals surface area contributed by atoms with E-state index in [0.717, 1.165) is 21.5 Å². The Labute approximate surface area is 220 Å². The first kappa shape index (κ1) is 24.0. The Morgan fingerprint density at radius 3 is 2.74 bits per heavy atom. The normalized spacial score (nSPS) is 14.4. The van der Waals surface area contributed by atoms with Gasteiger partial charge in [-0.15, -0.1) is 11.3 Å². The summed E-state index contributed by atoms with van der Waals surface area (Å²) >= 11 is 1.41. The number of carbonyl (C=O) groups excluding carboxylic acids is 1. The Hall–Kier alpha value is -4.38. The minimum absolute atomic E-state index is 0.0729. The quantitative estimate of drug-likeness (QED) is 0.296. The molecule has 0 fully saturated rings. The Morgan fingerprint density at radius 1 is 1.13 bits per heavy atom. The zero-order valence-electron chi connectivity index (χ0n) is 21.0. The third-order valence-corrected chi connectivity index (χ3v) is 7.46. The van der Waals surface area contributed by atoms with Crippen LogP contribution in [0.15, 0.2) is 42.7 Å². The van der Waals surface area contributed by atoms with Gasteiger partial charge in [0.2, 0.25) is 5.88 Å². The minimum atomic E-state index is -0.970. The van der Waals surface area contributed by atoms with Crippen LogP contribution >= 0.6 is 11.3 Å². The highest BCUT2D eigenvalue weighted by atomic mass is 32.1. The summed E-state index contributed by atoms with van der Waals surface area (Å²) in [6.45, 7) is 3.82. The van der Waals surface area contributed by atoms with Gasteiger partial charge in [-0.05, 0) is 43.7 Å². The van der Waals surface area contributed by atoms with Crippen LogP contribution in [0.3, 0.4) is 0 Å². The first-order valence-electron chi connectivity index (χ1n) is 11.8. The molecule has 1 amide bonds. The third kappa shape index (κ3) is 4.14. The number of amides is 1. The molecular formula is C27H22FN5O4S. The lowest BCUT2D eigenvalue weighted by atomic mass is 10.1. The van der Waals surface area contributed by atoms with Gasteiger partial charge in [-0.2, -0.15) is 0 Å². The van der Waals surface area contributed by atoms with E-state index in [4.69, 9.17) is 19.2 Å². The number of benzene rings is 2. The molecule has 1 aliphatic heterocycles. The second kappa shape index (κ2) is 9.18. The minimum Gasteiger partial charge on any atom is -0.480 e. The number of halogens is 1. The molecule has 0 radical (unpaired) electrons. The van der Waals surface area contributed by atoms with Crippen molar-refractivity contribution >= 4 is 44.4 Å². The molecule has 3 aromatic heterocycles. The van der Waals surface area contributed by atoms with E-state index < -0.39 is 18.2 Å². The predicted molar refractivity (Wildman–Crippen MR) is 141 cm³/mol. The monoisotopic (exact) mass is 531 g/mol. The van der Waals surface area contributed by atoms with Gasteiger partial charge < -0.3 is 14.2 Å². The summed E-state index contributed by atoms with van der Waals surface area (Å²) < 4.78 is 32.3. The topological polar surface area (TPSA) is 99.6 Å². The molecule has 0 saturated carbocycles. The molecule has 5 aromatic rings. The van der Waals surface area contributed by atoms with Gasteiger partial charge in [0.05, 0.1) is 52.9 Å². The number of rotatable bonds is 4. The van der Waals surface area contributed by atoms with Crippen molar-refractivity contribution in [2.45, 2.75) is 26.6 Å². The van der Waals surface area contributed by atoms with Gasteiger partial charge in [0.25, 0.3) is 6.29 Å². The molecule has 9 nitrogen and oxygen atoms in total. The summed E-state index contributed by atoms with van der Waals surface area (Å²) in [6, 6.07) is 8.82. The molecule has 1 atom stereocenters. The number of nitrogens with zero attached hydrogens (tertiary/aromatic N) is 5. The lowest BCUT2D eigenvalue weighted by molar-refractivity contribution is -0.0144. The number of aryl methyl sites for hydroxylation is 2. The van der Waals surface area contributed by atoms with Crippen molar-refractivity contribution in [2.75, 3.05) is 19.1 Å². The molecular weight excluding hydrogens is 509 g/mol. The molecule has 4 heterocycles. The van der Waals surface area contributed by atoms with E-state index in [2.05, 4.69) is 15.0 Å². The van der Waals surface area contributed by atoms with Gasteiger partial charge in [0, 0.05) is 29.9 Å². The number of hydrogen-bond acceptors (Lipinski definition) is 9. The van der Waals surface area contributed by atoms with Crippen molar-refractivity contribution in [3.63, 3.8) is 0 Å². The molecule has 192 valence electrons. The highest BCUT2D eigenvalue weighted by Gasteiger charge is 2.33. The van der Waals surface area contributed by atoms with Gasteiger partial charge in [-0.1, -0.05) is 0 Å². The molecule has 2 aromatic carbocycles. The Bertz CT molecular complexity index is 1720. The maximum atomic E-state index is 15.0. The first-order valence-corrected chi connectivity index (χ1v) is 12.6. The van der Waals surface area contributed by atoms with Crippen molar-refractivity contribution in [1.82, 2.24) is 19.9 Å². The highest BCUT2D eigenvalue weighted by molar-refractivity contribution is 7.22. The van der Waals surface area contributed by atoms with Gasteiger partial charge in [-0.3, -0.25) is 9.88 Å². The molecule has 1 aliphatic rings. The second-order valence-electron chi connectivity index (χ2n) is 8.98. The number of fused-ring (bicyclic) bond motifs is 4. The molecule has 6 rings (SSSR count). The summed E-state index contributed by atoms with van der Waals surface area (Å²) in [4.78, 5) is 32.0. The maximum Gasteiger partial charge on any atom is 0.417 e. The predicted octanol–water partition coefficient (Wildman–Crippen LogP) is 5.60. The van der Waals surface area contributed by atoms with E-state index in [0.29, 0.717) is 38.7 Å². The SMILES string of the molecule is COc1cnc2c(-c3nc4cc(F)c5c(c4s3)C[C@@H](OC(=O)N(C)c3ccc(C)nc3)O5)cc(C)cc2n1. The molecule has 0 saturated heterocycles. The Kier molecular flexibility index (Phi) is 5.79. The average Bonchev–Trinajstić information content (AvgIpc) is 3.52. The van der Waals surface area contributed by atoms with E-state index in [1.54, 1.807) is 38.7 Å². The van der Waals surface area contributed by atoms with Crippen LogP contribution in [0.5, 0.6) is 11.6 Å². The number of hydrogen-bond donors (Lipinski definition) is 0. The van der Waals surface area contributed by atoms with Crippen LogP contribution in [0.2, 0.25) is 0 Å². The summed E-state index contributed by atoms with van der Waals surface area (Å²) in [5.41, 5.74) is 5.64. The zero-order chi connectivity index (χ0) is 26.6. The maximum absolute atomic E-state index is 15.0. The van der Waals surface area contributed by atoms with Crippen LogP contribution in [-0.4, -0.2) is 46.5 Å². The number of aromatic nitrogens is 4. The van der Waals surface area contributed by atoms with Crippen molar-refractivity contribution in [1.29, 1.82) is 0 Å². The lowest BCUT2D eigenvalue weighted by Gasteiger charge is -2.19. The first-order chi connectivity index (χ1) is 18.3. The van der Waals surface area contributed by atoms with Crippen molar-refractivity contribution < 1.29 is 23.4 Å². The van der Waals surface area contributed by atoms with E-state index in [1.807, 2.05) is 26.0 Å². The Morgan fingerprint density at radius 2 is 1.97 bits per heavy atom. The Balaban J connectivity index is 1.32. The molecule has 0 aliphatic carbocycles. The average molecular weight is 532 g/mol. The summed E-state index contributed by atoms with van der Waals surface area (Å²) in [6.07, 6.45) is 1.74. The largest absolute Gasteiger partial charge is 0.480 e. The summed E-state index contributed by atoms with van der Waals surface area (Å²) in [5, 5.41) is 0.674. The number of anilines is 1. The van der Waals surface area contributed by atoms with Gasteiger partial charge in [-0.25, -0.2) is 24.1 Å². The number of pyridine rings is 1. The molecule has 38 heavy (non-hydrogen) atoms. The van der Waals surface area contributed by atoms with Crippen LogP contribution in [0.4, 0.5) is 14.9 Å². The van der Waals surface area contributed by atoms with Crippen LogP contribution in [0, 0.1) is 19.7 Å². The summed E-state index contributed by atoms with van der Waals surface area (Å²) in [7, 11) is 3.12. The van der Waals surface area contributed by atoms with Crippen molar-refractivity contribution in [3.05, 3.63) is 65.4 Å². The number of thiazole rings is 1. The fraction of sp³-hybridized carbons (Fsp3) is 0.222. The molecule has 0 N–H and O–H groups in total. The molecule has 0 spiro atoms. The van der Waals surface area contributed by atoms with Crippen LogP contribution in [0.1, 0.15) is 16.8 Å². The number of methoxy groups -OCH3 is 1. The van der Waals surface area contributed by atoms with E-state index in [-0.39, 0.29) is 12.2 Å². The molecule has 11 heteroatoms. The number of ether oxygens (including phenoxy) is 3. The van der Waals surface area contributed by atoms with Gasteiger partial charge in [0.15, 0.2) is 11.6 Å². The van der Waals surface area contributed by atoms with E-state index in [1.165, 1.54) is 22.3 Å². The van der Waals surface area contributed by atoms with Crippen LogP contribution < -0.4 is 14.4 Å². The fourth-order valence-corrected chi connectivity index (χ4v) is 5.49. The summed E-state index contributed by atoms with van der Waals surface area (Å²) in [5.74, 6) is -0.0679. The lowest BCUT2D eigenvalue weighted by Crippen LogP contribution is -2.32. The zero-order valence-corrected chi connectivity index (χ0v) is 21.8. The van der Waals surface area contributed by atoms with E-state index in [9.17, 15) is 4.79 Å². The third-order valence-electron chi connectivity index (χ3n) is 6.30. The van der Waals surface area contributed by atoms with Crippen LogP contribution in [-0.2, 0) is 11.2 Å². The van der Waals surface area contributed by atoms with Crippen molar-refractivity contribution in [2.24, 2.45) is 0 Å². The van der Waals surface area contributed by atoms with E-state index >= 15 is 4.39 Å². The van der Waals surface area contributed by atoms with Gasteiger partial charge in [0.1, 0.15) is 5.01 Å². The van der Waals surface area contributed by atoms with Gasteiger partial charge >= 0.3 is 6.09 Å². The molecule has 0 bridgehead atoms. The van der Waals surface area contributed by atoms with Crippen LogP contribution in [0.25, 0.3) is 31.8 Å². The highest BCUT2D eigenvalue weighted by Crippen LogP contribution is 2.43. The fourth-order valence-electron chi connectivity index (χ4n) is 4.38. The number of carbonyl (C=O) groups is 1. The van der Waals surface area contributed by atoms with Crippen molar-refractivity contribution in [3.8, 4) is 22.2 Å². The molecule has 0 unspecified atom stereocenters. The standard InChI is InChI=1S/C27H22FN5O4S/c1-13-7-16(23-19(8-13)31-21(35-4)12-30-23)26-32-20-10-18(28)24-17(25(20)38-26)9-22(36-24)37-27(34)33(3)15-6-5-14(2)29-11-15/h5-8,10-12,22H,9H2,1-4H3/t22-/m1/s1.